The lowest BCUT2D eigenvalue weighted by Gasteiger charge is -2.32. The summed E-state index contributed by atoms with van der Waals surface area (Å²) >= 11 is 0. The number of carbonyl (C=O) groups is 1. The molecule has 1 aromatic rings. The summed E-state index contributed by atoms with van der Waals surface area (Å²) in [7, 11) is 0. The zero-order chi connectivity index (χ0) is 13.0. The normalized spacial score (nSPS) is 16.8. The van der Waals surface area contributed by atoms with Crippen LogP contribution in [0.5, 0.6) is 0 Å². The molecule has 2 rings (SSSR count). The zero-order valence-corrected chi connectivity index (χ0v) is 10.5. The molecule has 1 aliphatic rings. The fourth-order valence-electron chi connectivity index (χ4n) is 2.09. The van der Waals surface area contributed by atoms with E-state index < -0.39 is 5.97 Å². The maximum absolute atomic E-state index is 10.4. The van der Waals surface area contributed by atoms with Crippen molar-refractivity contribution in [1.29, 1.82) is 0 Å². The van der Waals surface area contributed by atoms with Gasteiger partial charge in [0.1, 0.15) is 12.4 Å². The van der Waals surface area contributed by atoms with E-state index in [1.54, 1.807) is 0 Å². The molecule has 0 spiro atoms. The van der Waals surface area contributed by atoms with Gasteiger partial charge < -0.3 is 14.7 Å². The van der Waals surface area contributed by atoms with Crippen molar-refractivity contribution in [2.24, 2.45) is 0 Å². The van der Waals surface area contributed by atoms with Gasteiger partial charge in [-0.05, 0) is 31.4 Å². The first-order chi connectivity index (χ1) is 8.65. The summed E-state index contributed by atoms with van der Waals surface area (Å²) in [6.07, 6.45) is 3.62. The Hall–Kier alpha value is -1.62. The first-order valence-electron chi connectivity index (χ1n) is 6.16. The number of hydrogen-bond acceptors (Lipinski definition) is 4. The average molecular weight is 250 g/mol. The highest BCUT2D eigenvalue weighted by atomic mass is 16.5. The zero-order valence-electron chi connectivity index (χ0n) is 10.5. The first-order valence-corrected chi connectivity index (χ1v) is 6.16. The minimum atomic E-state index is -0.905. The Morgan fingerprint density at radius 3 is 2.78 bits per heavy atom. The maximum Gasteiger partial charge on any atom is 0.329 e. The molecule has 0 aromatic carbocycles. The Morgan fingerprint density at radius 2 is 2.22 bits per heavy atom. The van der Waals surface area contributed by atoms with E-state index in [2.05, 4.69) is 16.0 Å². The van der Waals surface area contributed by atoms with Gasteiger partial charge in [0.25, 0.3) is 0 Å². The van der Waals surface area contributed by atoms with E-state index in [1.165, 1.54) is 0 Å². The molecule has 0 saturated carbocycles. The van der Waals surface area contributed by atoms with Gasteiger partial charge in [-0.1, -0.05) is 6.07 Å². The van der Waals surface area contributed by atoms with Gasteiger partial charge in [-0.3, -0.25) is 0 Å². The summed E-state index contributed by atoms with van der Waals surface area (Å²) in [5, 5.41) is 8.55. The van der Waals surface area contributed by atoms with E-state index in [1.807, 2.05) is 19.2 Å². The third-order valence-electron chi connectivity index (χ3n) is 3.10. The lowest BCUT2D eigenvalue weighted by Crippen LogP contribution is -2.38. The second-order valence-electron chi connectivity index (χ2n) is 4.58. The van der Waals surface area contributed by atoms with E-state index in [4.69, 9.17) is 9.84 Å². The van der Waals surface area contributed by atoms with Crippen molar-refractivity contribution in [2.75, 3.05) is 24.6 Å². The van der Waals surface area contributed by atoms with Gasteiger partial charge in [-0.15, -0.1) is 0 Å². The molecule has 18 heavy (non-hydrogen) atoms. The lowest BCUT2D eigenvalue weighted by molar-refractivity contribution is -0.144. The van der Waals surface area contributed by atoms with Crippen LogP contribution in [0.1, 0.15) is 18.4 Å². The van der Waals surface area contributed by atoms with E-state index in [-0.39, 0.29) is 12.7 Å². The second kappa shape index (κ2) is 5.82. The lowest BCUT2D eigenvalue weighted by atomic mass is 10.1. The van der Waals surface area contributed by atoms with Crippen LogP contribution in [0, 0.1) is 6.92 Å². The van der Waals surface area contributed by atoms with E-state index in [9.17, 15) is 4.79 Å². The SMILES string of the molecule is Cc1ccc(N2CCC(OCC(=O)O)CC2)nc1. The van der Waals surface area contributed by atoms with Gasteiger partial charge in [-0.2, -0.15) is 0 Å². The fraction of sp³-hybridized carbons (Fsp3) is 0.538. The topological polar surface area (TPSA) is 62.7 Å². The monoisotopic (exact) mass is 250 g/mol. The molecule has 0 bridgehead atoms. The summed E-state index contributed by atoms with van der Waals surface area (Å²) in [4.78, 5) is 17.0. The number of rotatable bonds is 4. The van der Waals surface area contributed by atoms with Crippen LogP contribution in [0.15, 0.2) is 18.3 Å². The van der Waals surface area contributed by atoms with E-state index >= 15 is 0 Å². The molecule has 0 aliphatic carbocycles. The fourth-order valence-corrected chi connectivity index (χ4v) is 2.09. The van der Waals surface area contributed by atoms with Crippen molar-refractivity contribution in [1.82, 2.24) is 4.98 Å². The molecule has 98 valence electrons. The number of anilines is 1. The average Bonchev–Trinajstić information content (AvgIpc) is 2.38. The Kier molecular flexibility index (Phi) is 4.15. The van der Waals surface area contributed by atoms with Crippen molar-refractivity contribution in [3.8, 4) is 0 Å². The molecule has 1 aliphatic heterocycles. The van der Waals surface area contributed by atoms with Crippen molar-refractivity contribution in [3.63, 3.8) is 0 Å². The van der Waals surface area contributed by atoms with Crippen molar-refractivity contribution >= 4 is 11.8 Å². The highest BCUT2D eigenvalue weighted by Gasteiger charge is 2.21. The minimum Gasteiger partial charge on any atom is -0.480 e. The molecule has 5 nitrogen and oxygen atoms in total. The quantitative estimate of drug-likeness (QED) is 0.876. The van der Waals surface area contributed by atoms with Crippen LogP contribution in [0.2, 0.25) is 0 Å². The van der Waals surface area contributed by atoms with Gasteiger partial charge in [0.05, 0.1) is 6.10 Å². The molecular formula is C13H18N2O3. The Bertz CT molecular complexity index is 397. The first kappa shape index (κ1) is 12.8. The number of ether oxygens (including phenoxy) is 1. The van der Waals surface area contributed by atoms with E-state index in [0.717, 1.165) is 37.3 Å². The molecule has 1 aromatic heterocycles. The highest BCUT2D eigenvalue weighted by molar-refractivity contribution is 5.68. The molecule has 1 N–H and O–H groups in total. The Balaban J connectivity index is 1.83. The number of aliphatic carboxylic acids is 1. The third-order valence-corrected chi connectivity index (χ3v) is 3.10. The van der Waals surface area contributed by atoms with Crippen LogP contribution in [0.25, 0.3) is 0 Å². The Morgan fingerprint density at radius 1 is 1.50 bits per heavy atom. The van der Waals surface area contributed by atoms with Crippen LogP contribution in [0.4, 0.5) is 5.82 Å². The highest BCUT2D eigenvalue weighted by Crippen LogP contribution is 2.19. The number of carboxylic acid groups (broad SMARTS) is 1. The molecule has 1 fully saturated rings. The summed E-state index contributed by atoms with van der Waals surface area (Å²) in [6, 6.07) is 4.07. The molecule has 1 saturated heterocycles. The van der Waals surface area contributed by atoms with Crippen molar-refractivity contribution in [3.05, 3.63) is 23.9 Å². The predicted octanol–water partition coefficient (Wildman–Crippen LogP) is 1.46. The third kappa shape index (κ3) is 3.43. The number of carboxylic acids is 1. The van der Waals surface area contributed by atoms with Gasteiger partial charge in [0.15, 0.2) is 0 Å². The molecule has 0 atom stereocenters. The second-order valence-corrected chi connectivity index (χ2v) is 4.58. The molecule has 5 heteroatoms. The molecule has 0 amide bonds. The number of pyridine rings is 1. The van der Waals surface area contributed by atoms with Gasteiger partial charge in [0.2, 0.25) is 0 Å². The maximum atomic E-state index is 10.4. The van der Waals surface area contributed by atoms with Crippen molar-refractivity contribution in [2.45, 2.75) is 25.9 Å². The number of hydrogen-bond donors (Lipinski definition) is 1. The van der Waals surface area contributed by atoms with Crippen molar-refractivity contribution < 1.29 is 14.6 Å². The molecule has 2 heterocycles. The van der Waals surface area contributed by atoms with Crippen LogP contribution in [0.3, 0.4) is 0 Å². The minimum absolute atomic E-state index is 0.0581. The number of aromatic nitrogens is 1. The number of nitrogens with zero attached hydrogens (tertiary/aromatic N) is 2. The van der Waals surface area contributed by atoms with E-state index in [0.29, 0.717) is 0 Å². The number of aryl methyl sites for hydroxylation is 1. The van der Waals surface area contributed by atoms with Gasteiger partial charge in [0, 0.05) is 19.3 Å². The summed E-state index contributed by atoms with van der Waals surface area (Å²) in [5.74, 6) is 0.0786. The Labute approximate surface area is 106 Å². The summed E-state index contributed by atoms with van der Waals surface area (Å²) in [6.45, 7) is 3.54. The summed E-state index contributed by atoms with van der Waals surface area (Å²) < 4.78 is 5.30. The van der Waals surface area contributed by atoms with Crippen LogP contribution >= 0.6 is 0 Å². The van der Waals surface area contributed by atoms with Crippen LogP contribution in [-0.4, -0.2) is 41.9 Å². The molecule has 0 unspecified atom stereocenters. The predicted molar refractivity (Wildman–Crippen MR) is 67.8 cm³/mol. The van der Waals surface area contributed by atoms with Crippen LogP contribution < -0.4 is 4.90 Å². The number of piperidine rings is 1. The molecular weight excluding hydrogens is 232 g/mol. The standard InChI is InChI=1S/C13H18N2O3/c1-10-2-3-12(14-8-10)15-6-4-11(5-7-15)18-9-13(16)17/h2-3,8,11H,4-7,9H2,1H3,(H,16,17). The van der Waals surface area contributed by atoms with Gasteiger partial charge >= 0.3 is 5.97 Å². The molecule has 0 radical (unpaired) electrons. The van der Waals surface area contributed by atoms with Crippen LogP contribution in [-0.2, 0) is 9.53 Å². The smallest absolute Gasteiger partial charge is 0.329 e. The summed E-state index contributed by atoms with van der Waals surface area (Å²) in [5.41, 5.74) is 1.15. The largest absolute Gasteiger partial charge is 0.480 e. The van der Waals surface area contributed by atoms with Gasteiger partial charge in [-0.25, -0.2) is 9.78 Å².